The molecule has 0 saturated heterocycles. The van der Waals surface area contributed by atoms with Gasteiger partial charge in [-0.2, -0.15) is 0 Å². The van der Waals surface area contributed by atoms with E-state index >= 15 is 0 Å². The summed E-state index contributed by atoms with van der Waals surface area (Å²) in [5, 5.41) is 3.46. The van der Waals surface area contributed by atoms with E-state index in [0.717, 1.165) is 89.3 Å². The number of nitrogens with one attached hydrogen (secondary N) is 1. The van der Waals surface area contributed by atoms with Crippen LogP contribution in [-0.2, 0) is 46.1 Å². The maximum absolute atomic E-state index is 12.6. The van der Waals surface area contributed by atoms with E-state index in [0.29, 0.717) is 37.1 Å². The SMILES string of the molecule is COC(=O)CCCCCCCN(CCCc1ccc(C(=O)OC)cc1)C(=O)OC(C)(C)C.COC(=O)CCCCCCCNCCCc1ccc(C(=O)OC)cc1. The van der Waals surface area contributed by atoms with Crippen molar-refractivity contribution >= 4 is 30.0 Å². The predicted molar refractivity (Wildman–Crippen MR) is 222 cm³/mol. The van der Waals surface area contributed by atoms with Crippen LogP contribution in [0.15, 0.2) is 48.5 Å². The summed E-state index contributed by atoms with van der Waals surface area (Å²) in [6.07, 6.45) is 14.7. The number of esters is 4. The summed E-state index contributed by atoms with van der Waals surface area (Å²) in [5.74, 6) is -0.918. The maximum Gasteiger partial charge on any atom is 0.410 e. The number of hydrogen-bond acceptors (Lipinski definition) is 11. The fraction of sp³-hybridized carbons (Fsp3) is 0.622. The average Bonchev–Trinajstić information content (AvgIpc) is 3.20. The number of carbonyl (C=O) groups is 5. The van der Waals surface area contributed by atoms with Gasteiger partial charge < -0.3 is 33.9 Å². The summed E-state index contributed by atoms with van der Waals surface area (Å²) in [6, 6.07) is 14.9. The Morgan fingerprint density at radius 3 is 1.37 bits per heavy atom. The van der Waals surface area contributed by atoms with Gasteiger partial charge in [-0.1, -0.05) is 62.8 Å². The highest BCUT2D eigenvalue weighted by Crippen LogP contribution is 2.15. The number of hydrogen-bond donors (Lipinski definition) is 1. The third kappa shape index (κ3) is 25.4. The minimum Gasteiger partial charge on any atom is -0.469 e. The number of ether oxygens (including phenoxy) is 5. The zero-order valence-corrected chi connectivity index (χ0v) is 35.8. The minimum atomic E-state index is -0.535. The summed E-state index contributed by atoms with van der Waals surface area (Å²) in [6.45, 7) is 8.90. The van der Waals surface area contributed by atoms with Crippen LogP contribution in [-0.4, -0.2) is 95.1 Å². The molecule has 1 amide bonds. The molecule has 1 N–H and O–H groups in total. The van der Waals surface area contributed by atoms with Crippen molar-refractivity contribution in [2.24, 2.45) is 0 Å². The molecule has 12 heteroatoms. The predicted octanol–water partition coefficient (Wildman–Crippen LogP) is 8.67. The second-order valence-electron chi connectivity index (χ2n) is 15.0. The minimum absolute atomic E-state index is 0.110. The van der Waals surface area contributed by atoms with Crippen molar-refractivity contribution < 1.29 is 47.7 Å². The van der Waals surface area contributed by atoms with Gasteiger partial charge in [0.25, 0.3) is 0 Å². The Balaban J connectivity index is 0.000000587. The smallest absolute Gasteiger partial charge is 0.410 e. The second kappa shape index (κ2) is 30.7. The molecule has 57 heavy (non-hydrogen) atoms. The molecule has 0 heterocycles. The third-order valence-electron chi connectivity index (χ3n) is 9.11. The van der Waals surface area contributed by atoms with E-state index in [4.69, 9.17) is 9.47 Å². The molecule has 2 rings (SSSR count). The topological polar surface area (TPSA) is 147 Å². The Morgan fingerprint density at radius 2 is 0.912 bits per heavy atom. The van der Waals surface area contributed by atoms with Gasteiger partial charge in [0.1, 0.15) is 5.60 Å². The lowest BCUT2D eigenvalue weighted by Gasteiger charge is -2.27. The van der Waals surface area contributed by atoms with Gasteiger partial charge in [0, 0.05) is 25.9 Å². The molecule has 0 radical (unpaired) electrons. The van der Waals surface area contributed by atoms with Crippen LogP contribution in [0, 0.1) is 0 Å². The van der Waals surface area contributed by atoms with Gasteiger partial charge in [0.15, 0.2) is 0 Å². The van der Waals surface area contributed by atoms with Gasteiger partial charge in [0.2, 0.25) is 0 Å². The number of amides is 1. The molecule has 0 aliphatic carbocycles. The molecular formula is C45H70N2O10. The Hall–Kier alpha value is -4.45. The molecule has 2 aromatic carbocycles. The van der Waals surface area contributed by atoms with Crippen LogP contribution in [0.1, 0.15) is 143 Å². The highest BCUT2D eigenvalue weighted by atomic mass is 16.6. The summed E-state index contributed by atoms with van der Waals surface area (Å²) >= 11 is 0. The van der Waals surface area contributed by atoms with E-state index in [2.05, 4.69) is 19.5 Å². The molecule has 0 aromatic heterocycles. The van der Waals surface area contributed by atoms with Crippen LogP contribution in [0.2, 0.25) is 0 Å². The zero-order valence-electron chi connectivity index (χ0n) is 35.8. The van der Waals surface area contributed by atoms with Crippen LogP contribution in [0.5, 0.6) is 0 Å². The lowest BCUT2D eigenvalue weighted by Crippen LogP contribution is -2.38. The number of aryl methyl sites for hydroxylation is 2. The number of carbonyl (C=O) groups excluding carboxylic acids is 5. The molecule has 0 aliphatic heterocycles. The van der Waals surface area contributed by atoms with Crippen molar-refractivity contribution in [3.63, 3.8) is 0 Å². The van der Waals surface area contributed by atoms with E-state index in [9.17, 15) is 24.0 Å². The van der Waals surface area contributed by atoms with Crippen LogP contribution in [0.4, 0.5) is 4.79 Å². The number of unbranched alkanes of at least 4 members (excludes halogenated alkanes) is 8. The van der Waals surface area contributed by atoms with Crippen LogP contribution in [0.3, 0.4) is 0 Å². The van der Waals surface area contributed by atoms with Crippen LogP contribution >= 0.6 is 0 Å². The fourth-order valence-corrected chi connectivity index (χ4v) is 5.84. The Labute approximate surface area is 341 Å². The number of rotatable bonds is 26. The van der Waals surface area contributed by atoms with Crippen LogP contribution in [0.25, 0.3) is 0 Å². The van der Waals surface area contributed by atoms with Crippen LogP contribution < -0.4 is 5.32 Å². The first-order chi connectivity index (χ1) is 27.3. The lowest BCUT2D eigenvalue weighted by atomic mass is 10.1. The quantitative estimate of drug-likeness (QED) is 0.0554. The van der Waals surface area contributed by atoms with Crippen molar-refractivity contribution in [2.75, 3.05) is 54.6 Å². The summed E-state index contributed by atoms with van der Waals surface area (Å²) in [4.78, 5) is 59.4. The molecule has 0 bridgehead atoms. The van der Waals surface area contributed by atoms with E-state index < -0.39 is 5.60 Å². The van der Waals surface area contributed by atoms with Crippen molar-refractivity contribution in [2.45, 2.75) is 129 Å². The monoisotopic (exact) mass is 799 g/mol. The summed E-state index contributed by atoms with van der Waals surface area (Å²) in [7, 11) is 5.60. The van der Waals surface area contributed by atoms with Gasteiger partial charge in [0.05, 0.1) is 39.6 Å². The van der Waals surface area contributed by atoms with Crippen molar-refractivity contribution in [3.8, 4) is 0 Å². The molecule has 2 aromatic rings. The summed E-state index contributed by atoms with van der Waals surface area (Å²) < 4.78 is 24.3. The van der Waals surface area contributed by atoms with Gasteiger partial charge in [-0.3, -0.25) is 9.59 Å². The normalized spacial score (nSPS) is 10.8. The fourth-order valence-electron chi connectivity index (χ4n) is 5.84. The molecule has 320 valence electrons. The molecule has 0 spiro atoms. The third-order valence-corrected chi connectivity index (χ3v) is 9.11. The molecule has 0 fully saturated rings. The maximum atomic E-state index is 12.6. The van der Waals surface area contributed by atoms with Crippen molar-refractivity contribution in [1.29, 1.82) is 0 Å². The lowest BCUT2D eigenvalue weighted by molar-refractivity contribution is -0.141. The first kappa shape index (κ1) is 50.6. The van der Waals surface area contributed by atoms with Gasteiger partial charge in [-0.05, 0) is 121 Å². The largest absolute Gasteiger partial charge is 0.469 e. The Kier molecular flexibility index (Phi) is 27.2. The van der Waals surface area contributed by atoms with Crippen molar-refractivity contribution in [1.82, 2.24) is 10.2 Å². The number of nitrogens with zero attached hydrogens (tertiary/aromatic N) is 1. The molecular weight excluding hydrogens is 728 g/mol. The Morgan fingerprint density at radius 1 is 0.509 bits per heavy atom. The first-order valence-corrected chi connectivity index (χ1v) is 20.5. The first-order valence-electron chi connectivity index (χ1n) is 20.5. The Bertz CT molecular complexity index is 1420. The van der Waals surface area contributed by atoms with Gasteiger partial charge >= 0.3 is 30.0 Å². The van der Waals surface area contributed by atoms with Crippen molar-refractivity contribution in [3.05, 3.63) is 70.8 Å². The molecule has 0 saturated carbocycles. The second-order valence-corrected chi connectivity index (χ2v) is 15.0. The van der Waals surface area contributed by atoms with Gasteiger partial charge in [-0.25, -0.2) is 14.4 Å². The highest BCUT2D eigenvalue weighted by molar-refractivity contribution is 5.89. The molecule has 0 aliphatic rings. The summed E-state index contributed by atoms with van der Waals surface area (Å²) in [5.41, 5.74) is 2.93. The van der Waals surface area contributed by atoms with E-state index in [-0.39, 0.29) is 30.0 Å². The zero-order chi connectivity index (χ0) is 42.3. The number of benzene rings is 2. The highest BCUT2D eigenvalue weighted by Gasteiger charge is 2.21. The van der Waals surface area contributed by atoms with E-state index in [1.165, 1.54) is 53.3 Å². The molecule has 12 nitrogen and oxygen atoms in total. The molecule has 0 unspecified atom stereocenters. The van der Waals surface area contributed by atoms with E-state index in [1.54, 1.807) is 17.0 Å². The van der Waals surface area contributed by atoms with E-state index in [1.807, 2.05) is 57.2 Å². The number of methoxy groups -OCH3 is 4. The average molecular weight is 799 g/mol. The van der Waals surface area contributed by atoms with Gasteiger partial charge in [-0.15, -0.1) is 0 Å². The molecule has 0 atom stereocenters. The standard InChI is InChI=1S/C25H39NO6.C20H31NO4/c1-25(2,3)32-24(29)26(18-10-8-6-7-9-13-22(27)30-4)19-11-12-20-14-16-21(17-15-20)23(28)31-5;1-24-19(22)10-6-4-3-5-7-15-21-16-8-9-17-11-13-18(14-12-17)20(23)25-2/h14-17H,6-13,18-19H2,1-5H3;11-14,21H,3-10,15-16H2,1-2H3.